The Labute approximate surface area is 670 Å². The number of nitrogens with zero attached hydrogens (tertiary/aromatic N) is 4. The number of unbranched alkanes of at least 4 members (excludes halogenated alkanes) is 8. The van der Waals surface area contributed by atoms with Crippen LogP contribution in [-0.2, 0) is 26.2 Å². The highest BCUT2D eigenvalue weighted by Crippen LogP contribution is 2.20. The van der Waals surface area contributed by atoms with E-state index in [0.29, 0.717) is 0 Å². The molecule has 508 valence electrons. The third-order valence-electron chi connectivity index (χ3n) is 15.7. The molecule has 0 saturated heterocycles. The summed E-state index contributed by atoms with van der Waals surface area (Å²) in [6, 6.07) is 51.2. The molecule has 10 rings (SSSR count). The highest BCUT2D eigenvalue weighted by atomic mass is 79.9. The molecule has 10 aromatic rings. The van der Waals surface area contributed by atoms with Crippen molar-refractivity contribution >= 4 is 107 Å². The van der Waals surface area contributed by atoms with E-state index in [4.69, 9.17) is 0 Å². The van der Waals surface area contributed by atoms with Crippen molar-refractivity contribution in [2.75, 3.05) is 21.3 Å². The van der Waals surface area contributed by atoms with Crippen molar-refractivity contribution < 1.29 is 86.2 Å². The summed E-state index contributed by atoms with van der Waals surface area (Å²) < 4.78 is 9.04. The number of halogens is 8. The molecule has 0 aliphatic carbocycles. The van der Waals surface area contributed by atoms with Gasteiger partial charge in [0.2, 0.25) is 0 Å². The van der Waals surface area contributed by atoms with Crippen molar-refractivity contribution in [3.8, 4) is 94.7 Å². The second kappa shape index (κ2) is 49.0. The van der Waals surface area contributed by atoms with E-state index in [-0.39, 0.29) is 67.9 Å². The summed E-state index contributed by atoms with van der Waals surface area (Å²) in [5.74, 6) is 54.6. The number of hydrogen-bond donors (Lipinski definition) is 0. The van der Waals surface area contributed by atoms with Gasteiger partial charge in [-0.3, -0.25) is 0 Å². The molecule has 0 atom stereocenters. The largest absolute Gasteiger partial charge is 1.00 e. The van der Waals surface area contributed by atoms with Crippen LogP contribution in [0.5, 0.6) is 0 Å². The molecule has 0 spiro atoms. The van der Waals surface area contributed by atoms with Gasteiger partial charge >= 0.3 is 0 Å². The number of fused-ring (bicyclic) bond motifs is 4. The molecule has 6 aromatic carbocycles. The minimum Gasteiger partial charge on any atom is -1.00 e. The maximum Gasteiger partial charge on any atom is 0.176 e. The van der Waals surface area contributed by atoms with Crippen LogP contribution in [0.2, 0.25) is 0 Å². The summed E-state index contributed by atoms with van der Waals surface area (Å²) >= 11 is 13.9. The van der Waals surface area contributed by atoms with Crippen molar-refractivity contribution in [1.82, 2.24) is 0 Å². The van der Waals surface area contributed by atoms with E-state index in [1.165, 1.54) is 43.1 Å². The fraction of sp³-hybridized carbons (Fsp3) is 0.273. The summed E-state index contributed by atoms with van der Waals surface area (Å²) in [4.78, 5) is 0. The molecule has 0 N–H and O–H groups in total. The van der Waals surface area contributed by atoms with Crippen LogP contribution >= 0.6 is 63.7 Å². The predicted molar refractivity (Wildman–Crippen MR) is 414 cm³/mol. The number of rotatable bonds is 20. The molecule has 0 saturated carbocycles. The van der Waals surface area contributed by atoms with Crippen LogP contribution in [0.25, 0.3) is 43.1 Å². The summed E-state index contributed by atoms with van der Waals surface area (Å²) in [5.41, 5.74) is 7.47. The monoisotopic (exact) mass is 1820 g/mol. The molecule has 0 fully saturated rings. The Hall–Kier alpha value is -6.72. The van der Waals surface area contributed by atoms with Crippen molar-refractivity contribution in [3.05, 3.63) is 240 Å². The second-order valence-electron chi connectivity index (χ2n) is 23.1. The van der Waals surface area contributed by atoms with Gasteiger partial charge in [0.05, 0.1) is 0 Å². The zero-order valence-electron chi connectivity index (χ0n) is 56.3. The standard InChI is InChI=1S/C62H54N4.C26H26Br4.4BrH/c1(17-37-63-41-33-51-21-9-13-29-59(51)47-63)5-25-55-45-57(27-7-3-19-39-65-43-35-53-23-11-15-31-61(53)49-65)58(28-8-4-20-40-66-44-36-54-24-12-16-32-62(54)50-66)46-56(55)26-6-2-18-38-64-42-34-52-22-10-14-30-60(52)48-64;27-17-9-1-5-13-23-21-25(15-7-3-11-19-29)26(16-8-4-12-20-30)22-24(23)14-6-2-10-18-28;;;;/h9-16,21-24,29-36,41-50H,1-4,17-20,37-40H2;21-22H,1-4,9-12,17-20H2;4*1H/q+4;;;;;/p-4. The molecule has 0 radical (unpaired) electrons. The van der Waals surface area contributed by atoms with Gasteiger partial charge in [-0.15, -0.1) is 0 Å². The van der Waals surface area contributed by atoms with E-state index >= 15 is 0 Å². The number of pyridine rings is 4. The Kier molecular flexibility index (Phi) is 41.1. The van der Waals surface area contributed by atoms with Gasteiger partial charge in [0.1, 0.15) is 26.2 Å². The molecule has 4 heterocycles. The van der Waals surface area contributed by atoms with E-state index < -0.39 is 0 Å². The normalized spacial score (nSPS) is 9.80. The summed E-state index contributed by atoms with van der Waals surface area (Å²) in [7, 11) is 0. The topological polar surface area (TPSA) is 15.5 Å². The smallest absolute Gasteiger partial charge is 0.176 e. The minimum absolute atomic E-state index is 0. The fourth-order valence-electron chi connectivity index (χ4n) is 10.6. The van der Waals surface area contributed by atoms with Crippen molar-refractivity contribution in [1.29, 1.82) is 0 Å². The molecule has 0 aliphatic rings. The number of alkyl halides is 4. The maximum absolute atomic E-state index is 3.54. The molecular weight excluding hydrogens is 1750 g/mol. The van der Waals surface area contributed by atoms with E-state index in [0.717, 1.165) is 195 Å². The zero-order chi connectivity index (χ0) is 66.5. The molecule has 12 heteroatoms. The predicted octanol–water partition coefficient (Wildman–Crippen LogP) is 6.59. The lowest BCUT2D eigenvalue weighted by molar-refractivity contribution is -0.696. The van der Waals surface area contributed by atoms with Crippen LogP contribution in [0, 0.1) is 94.7 Å². The Morgan fingerprint density at radius 1 is 0.220 bits per heavy atom. The van der Waals surface area contributed by atoms with E-state index in [1.807, 2.05) is 0 Å². The van der Waals surface area contributed by atoms with Crippen LogP contribution in [-0.4, -0.2) is 21.3 Å². The van der Waals surface area contributed by atoms with Gasteiger partial charge in [-0.1, -0.05) is 231 Å². The van der Waals surface area contributed by atoms with E-state index in [9.17, 15) is 0 Å². The first-order valence-corrected chi connectivity index (χ1v) is 38.0. The third-order valence-corrected chi connectivity index (χ3v) is 17.9. The lowest BCUT2D eigenvalue weighted by atomic mass is 9.98. The highest BCUT2D eigenvalue weighted by Gasteiger charge is 2.11. The van der Waals surface area contributed by atoms with Gasteiger partial charge in [0.15, 0.2) is 49.6 Å². The SMILES string of the molecule is BrCCCC#Cc1cc(C#CCCCBr)c(C#CCCCBr)cc1C#CCCCBr.C(#Cc1cc(C#CCCC[n+]2ccc3ccccc3c2)c(C#CCCC[n+]2ccc3ccccc3c2)cc1C#CCCC[n+]1ccc2ccccc2c1)CCC[n+]1ccc2ccccc2c1.[Br-].[Br-].[Br-].[Br-]. The molecule has 4 nitrogen and oxygen atoms in total. The van der Waals surface area contributed by atoms with Gasteiger partial charge in [-0.05, 0) is 95.8 Å². The summed E-state index contributed by atoms with van der Waals surface area (Å²) in [5, 5.41) is 13.9. The molecule has 0 unspecified atom stereocenters. The number of aryl methyl sites for hydroxylation is 4. The van der Waals surface area contributed by atoms with Crippen LogP contribution in [0.15, 0.2) is 195 Å². The highest BCUT2D eigenvalue weighted by molar-refractivity contribution is 9.09. The average Bonchev–Trinajstić information content (AvgIpc) is 0.843. The maximum atomic E-state index is 3.54. The van der Waals surface area contributed by atoms with E-state index in [2.05, 4.69) is 372 Å². The van der Waals surface area contributed by atoms with Crippen molar-refractivity contribution in [2.45, 2.75) is 129 Å². The lowest BCUT2D eigenvalue weighted by Gasteiger charge is -2.04. The van der Waals surface area contributed by atoms with Crippen LogP contribution in [0.1, 0.15) is 147 Å². The zero-order valence-corrected chi connectivity index (χ0v) is 68.9. The fourth-order valence-corrected chi connectivity index (χ4v) is 11.7. The quantitative estimate of drug-likeness (QED) is 0.0355. The van der Waals surface area contributed by atoms with Crippen LogP contribution in [0.4, 0.5) is 0 Å². The molecular formula is C88H80Br8N4. The first-order chi connectivity index (χ1) is 47.5. The van der Waals surface area contributed by atoms with Crippen LogP contribution in [0.3, 0.4) is 0 Å². The third kappa shape index (κ3) is 28.6. The molecule has 0 bridgehead atoms. The average molecular weight is 1830 g/mol. The van der Waals surface area contributed by atoms with E-state index in [1.54, 1.807) is 0 Å². The van der Waals surface area contributed by atoms with Gasteiger partial charge in [-0.25, -0.2) is 18.3 Å². The first kappa shape index (κ1) is 83.9. The van der Waals surface area contributed by atoms with Crippen molar-refractivity contribution in [2.24, 2.45) is 0 Å². The lowest BCUT2D eigenvalue weighted by Crippen LogP contribution is -3.00. The van der Waals surface area contributed by atoms with Gasteiger partial charge in [-0.2, -0.15) is 0 Å². The minimum atomic E-state index is 0. The Morgan fingerprint density at radius 2 is 0.390 bits per heavy atom. The molecule has 0 aliphatic heterocycles. The number of benzene rings is 6. The Balaban J connectivity index is 0.000000452. The number of aromatic nitrogens is 4. The molecule has 0 amide bonds. The second-order valence-corrected chi connectivity index (χ2v) is 26.3. The van der Waals surface area contributed by atoms with Gasteiger partial charge in [0, 0.05) is 189 Å². The molecule has 4 aromatic heterocycles. The van der Waals surface area contributed by atoms with Gasteiger partial charge < -0.3 is 67.9 Å². The number of hydrogen-bond acceptors (Lipinski definition) is 0. The Bertz CT molecular complexity index is 4230. The summed E-state index contributed by atoms with van der Waals surface area (Å²) in [6.45, 7) is 3.63. The molecule has 100 heavy (non-hydrogen) atoms. The van der Waals surface area contributed by atoms with Crippen LogP contribution < -0.4 is 86.2 Å². The Morgan fingerprint density at radius 3 is 0.570 bits per heavy atom. The van der Waals surface area contributed by atoms with Gasteiger partial charge in [0.25, 0.3) is 0 Å². The van der Waals surface area contributed by atoms with Crippen molar-refractivity contribution in [3.63, 3.8) is 0 Å². The first-order valence-electron chi connectivity index (χ1n) is 33.5. The summed E-state index contributed by atoms with van der Waals surface area (Å²) in [6.07, 6.45) is 32.1.